The van der Waals surface area contributed by atoms with Crippen LogP contribution in [0.4, 0.5) is 4.79 Å². The Kier molecular flexibility index (Phi) is 6.20. The van der Waals surface area contributed by atoms with Gasteiger partial charge >= 0.3 is 6.09 Å². The number of benzene rings is 1. The molecule has 0 spiro atoms. The van der Waals surface area contributed by atoms with Gasteiger partial charge in [-0.2, -0.15) is 0 Å². The van der Waals surface area contributed by atoms with Crippen LogP contribution in [0.5, 0.6) is 5.75 Å². The molecule has 0 aliphatic carbocycles. The maximum absolute atomic E-state index is 11.0. The smallest absolute Gasteiger partial charge is 0.405 e. The van der Waals surface area contributed by atoms with Crippen molar-refractivity contribution in [3.63, 3.8) is 0 Å². The lowest BCUT2D eigenvalue weighted by Crippen LogP contribution is -2.44. The van der Waals surface area contributed by atoms with Crippen LogP contribution < -0.4 is 10.1 Å². The third kappa shape index (κ3) is 6.16. The highest BCUT2D eigenvalue weighted by atomic mass is 79.9. The van der Waals surface area contributed by atoms with Crippen LogP contribution in [0, 0.1) is 5.92 Å². The molecular formula is C15H20BrNO4. The van der Waals surface area contributed by atoms with E-state index in [1.165, 1.54) is 0 Å². The van der Waals surface area contributed by atoms with Crippen LogP contribution in [0.25, 0.3) is 0 Å². The van der Waals surface area contributed by atoms with E-state index in [0.29, 0.717) is 24.3 Å². The summed E-state index contributed by atoms with van der Waals surface area (Å²) in [5.41, 5.74) is -0.0403. The topological polar surface area (TPSA) is 75.6 Å². The quantitative estimate of drug-likeness (QED) is 0.729. The van der Waals surface area contributed by atoms with Crippen molar-refractivity contribution in [2.24, 2.45) is 5.92 Å². The first kappa shape index (κ1) is 17.5. The third-order valence-electron chi connectivity index (χ3n) is 2.93. The number of hydrogen-bond donors (Lipinski definition) is 2. The SMILES string of the molecule is CC(COc1ccc(Br)cc1C=O)CC(C)(C)NC(=O)O. The summed E-state index contributed by atoms with van der Waals surface area (Å²) < 4.78 is 6.48. The van der Waals surface area contributed by atoms with E-state index >= 15 is 0 Å². The number of rotatable bonds is 7. The van der Waals surface area contributed by atoms with Crippen molar-refractivity contribution in [1.82, 2.24) is 5.32 Å². The van der Waals surface area contributed by atoms with E-state index in [2.05, 4.69) is 21.2 Å². The van der Waals surface area contributed by atoms with Gasteiger partial charge in [-0.25, -0.2) is 4.79 Å². The molecule has 0 radical (unpaired) electrons. The summed E-state index contributed by atoms with van der Waals surface area (Å²) in [4.78, 5) is 21.7. The van der Waals surface area contributed by atoms with Gasteiger partial charge < -0.3 is 15.2 Å². The van der Waals surface area contributed by atoms with Crippen LogP contribution in [-0.4, -0.2) is 29.6 Å². The minimum absolute atomic E-state index is 0.134. The number of carboxylic acid groups (broad SMARTS) is 1. The molecule has 1 aromatic rings. The average Bonchev–Trinajstić information content (AvgIpc) is 2.34. The van der Waals surface area contributed by atoms with Crippen molar-refractivity contribution in [2.75, 3.05) is 6.61 Å². The number of amides is 1. The molecule has 5 nitrogen and oxygen atoms in total. The molecule has 2 N–H and O–H groups in total. The predicted octanol–water partition coefficient (Wildman–Crippen LogP) is 3.71. The lowest BCUT2D eigenvalue weighted by molar-refractivity contribution is 0.111. The van der Waals surface area contributed by atoms with Crippen molar-refractivity contribution in [2.45, 2.75) is 32.7 Å². The van der Waals surface area contributed by atoms with E-state index in [-0.39, 0.29) is 5.92 Å². The highest BCUT2D eigenvalue weighted by molar-refractivity contribution is 9.10. The molecule has 0 heterocycles. The van der Waals surface area contributed by atoms with Crippen molar-refractivity contribution in [3.05, 3.63) is 28.2 Å². The van der Waals surface area contributed by atoms with Crippen LogP contribution in [0.3, 0.4) is 0 Å². The number of aldehydes is 1. The van der Waals surface area contributed by atoms with Gasteiger partial charge in [-0.1, -0.05) is 22.9 Å². The molecule has 1 atom stereocenters. The Morgan fingerprint density at radius 2 is 2.19 bits per heavy atom. The summed E-state index contributed by atoms with van der Waals surface area (Å²) in [5.74, 6) is 0.666. The molecule has 116 valence electrons. The number of ether oxygens (including phenoxy) is 1. The average molecular weight is 358 g/mol. The molecule has 0 saturated heterocycles. The van der Waals surface area contributed by atoms with Gasteiger partial charge in [0.25, 0.3) is 0 Å². The minimum atomic E-state index is -1.04. The summed E-state index contributed by atoms with van der Waals surface area (Å²) in [6.07, 6.45) is 0.344. The number of halogens is 1. The van der Waals surface area contributed by atoms with E-state index in [4.69, 9.17) is 9.84 Å². The Balaban J connectivity index is 2.59. The van der Waals surface area contributed by atoms with Crippen LogP contribution >= 0.6 is 15.9 Å². The molecule has 1 unspecified atom stereocenters. The van der Waals surface area contributed by atoms with Gasteiger partial charge in [0.1, 0.15) is 5.75 Å². The zero-order chi connectivity index (χ0) is 16.0. The van der Waals surface area contributed by atoms with Crippen LogP contribution in [0.2, 0.25) is 0 Å². The van der Waals surface area contributed by atoms with Gasteiger partial charge in [-0.3, -0.25) is 4.79 Å². The Bertz CT molecular complexity index is 516. The summed E-state index contributed by atoms with van der Waals surface area (Å²) >= 11 is 3.30. The number of carbonyl (C=O) groups excluding carboxylic acids is 1. The molecule has 0 saturated carbocycles. The van der Waals surface area contributed by atoms with Crippen molar-refractivity contribution in [3.8, 4) is 5.75 Å². The van der Waals surface area contributed by atoms with E-state index in [0.717, 1.165) is 10.8 Å². The second-order valence-corrected chi connectivity index (χ2v) is 6.65. The van der Waals surface area contributed by atoms with E-state index < -0.39 is 11.6 Å². The fourth-order valence-electron chi connectivity index (χ4n) is 2.25. The molecule has 1 amide bonds. The monoisotopic (exact) mass is 357 g/mol. The lowest BCUT2D eigenvalue weighted by Gasteiger charge is -2.28. The minimum Gasteiger partial charge on any atom is -0.493 e. The maximum atomic E-state index is 11.0. The Hall–Kier alpha value is -1.56. The zero-order valence-corrected chi connectivity index (χ0v) is 13.9. The molecule has 1 rings (SSSR count). The first-order valence-electron chi connectivity index (χ1n) is 6.62. The molecule has 0 bridgehead atoms. The van der Waals surface area contributed by atoms with Gasteiger partial charge in [0.05, 0.1) is 12.2 Å². The molecule has 21 heavy (non-hydrogen) atoms. The fourth-order valence-corrected chi connectivity index (χ4v) is 2.62. The summed E-state index contributed by atoms with van der Waals surface area (Å²) in [6, 6.07) is 5.24. The van der Waals surface area contributed by atoms with Crippen molar-refractivity contribution >= 4 is 28.3 Å². The predicted molar refractivity (Wildman–Crippen MR) is 84.0 cm³/mol. The van der Waals surface area contributed by atoms with E-state index in [9.17, 15) is 9.59 Å². The van der Waals surface area contributed by atoms with E-state index in [1.807, 2.05) is 26.8 Å². The van der Waals surface area contributed by atoms with Crippen molar-refractivity contribution < 1.29 is 19.4 Å². The molecule has 6 heteroatoms. The molecule has 0 fully saturated rings. The Morgan fingerprint density at radius 3 is 2.76 bits per heavy atom. The van der Waals surface area contributed by atoms with Gasteiger partial charge in [-0.05, 0) is 44.4 Å². The first-order chi connectivity index (χ1) is 9.73. The second-order valence-electron chi connectivity index (χ2n) is 5.73. The molecule has 0 aromatic heterocycles. The van der Waals surface area contributed by atoms with Gasteiger partial charge in [0.2, 0.25) is 0 Å². The van der Waals surface area contributed by atoms with Crippen LogP contribution in [0.15, 0.2) is 22.7 Å². The lowest BCUT2D eigenvalue weighted by atomic mass is 9.92. The van der Waals surface area contributed by atoms with Crippen LogP contribution in [-0.2, 0) is 0 Å². The fraction of sp³-hybridized carbons (Fsp3) is 0.467. The van der Waals surface area contributed by atoms with Gasteiger partial charge in [-0.15, -0.1) is 0 Å². The highest BCUT2D eigenvalue weighted by Gasteiger charge is 2.23. The number of carbonyl (C=O) groups is 2. The molecule has 0 aliphatic rings. The first-order valence-corrected chi connectivity index (χ1v) is 7.41. The summed E-state index contributed by atoms with van der Waals surface area (Å²) in [7, 11) is 0. The third-order valence-corrected chi connectivity index (χ3v) is 3.42. The van der Waals surface area contributed by atoms with Gasteiger partial charge in [0.15, 0.2) is 6.29 Å². The Morgan fingerprint density at radius 1 is 1.52 bits per heavy atom. The highest BCUT2D eigenvalue weighted by Crippen LogP contribution is 2.23. The number of nitrogens with one attached hydrogen (secondary N) is 1. The second kappa shape index (κ2) is 7.45. The molecular weight excluding hydrogens is 338 g/mol. The zero-order valence-electron chi connectivity index (χ0n) is 12.4. The maximum Gasteiger partial charge on any atom is 0.405 e. The van der Waals surface area contributed by atoms with E-state index in [1.54, 1.807) is 12.1 Å². The van der Waals surface area contributed by atoms with Crippen molar-refractivity contribution in [1.29, 1.82) is 0 Å². The van der Waals surface area contributed by atoms with Gasteiger partial charge in [0, 0.05) is 10.0 Å². The Labute approximate surface area is 132 Å². The van der Waals surface area contributed by atoms with Crippen LogP contribution in [0.1, 0.15) is 37.6 Å². The normalized spacial score (nSPS) is 12.6. The standard InChI is InChI=1S/C15H20BrNO4/c1-10(7-15(2,3)17-14(19)20)9-21-13-5-4-12(16)6-11(13)8-18/h4-6,8,10,17H,7,9H2,1-3H3,(H,19,20). The number of hydrogen-bond acceptors (Lipinski definition) is 3. The molecule has 0 aliphatic heterocycles. The summed E-state index contributed by atoms with van der Waals surface area (Å²) in [6.45, 7) is 6.04. The largest absolute Gasteiger partial charge is 0.493 e. The summed E-state index contributed by atoms with van der Waals surface area (Å²) in [5, 5.41) is 11.3. The molecule has 1 aromatic carbocycles.